The lowest BCUT2D eigenvalue weighted by molar-refractivity contribution is -0.120. The lowest BCUT2D eigenvalue weighted by atomic mass is 9.86. The van der Waals surface area contributed by atoms with Crippen LogP contribution in [0.2, 0.25) is 0 Å². The Balaban J connectivity index is 1.31. The van der Waals surface area contributed by atoms with E-state index in [2.05, 4.69) is 15.7 Å². The van der Waals surface area contributed by atoms with Gasteiger partial charge in [0.2, 0.25) is 9.84 Å². The third-order valence-electron chi connectivity index (χ3n) is 7.33. The highest BCUT2D eigenvalue weighted by Gasteiger charge is 2.30. The van der Waals surface area contributed by atoms with Crippen molar-refractivity contribution < 1.29 is 18.0 Å². The summed E-state index contributed by atoms with van der Waals surface area (Å²) in [5.74, 6) is 0.364. The van der Waals surface area contributed by atoms with Gasteiger partial charge in [-0.15, -0.1) is 0 Å². The molecule has 1 saturated carbocycles. The number of nitrogens with zero attached hydrogens (tertiary/aromatic N) is 2. The summed E-state index contributed by atoms with van der Waals surface area (Å²) in [5.41, 5.74) is 3.00. The maximum Gasteiger partial charge on any atom is 0.257 e. The summed E-state index contributed by atoms with van der Waals surface area (Å²) in [6.07, 6.45) is 6.04. The van der Waals surface area contributed by atoms with Gasteiger partial charge < -0.3 is 10.6 Å². The lowest BCUT2D eigenvalue weighted by Gasteiger charge is -2.23. The second kappa shape index (κ2) is 10.6. The van der Waals surface area contributed by atoms with Gasteiger partial charge in [-0.25, -0.2) is 8.42 Å². The molecule has 40 heavy (non-hydrogen) atoms. The molecule has 2 aliphatic rings. The van der Waals surface area contributed by atoms with Gasteiger partial charge in [-0.05, 0) is 54.2 Å². The smallest absolute Gasteiger partial charge is 0.257 e. The molecular formula is C31H28N4O4S. The van der Waals surface area contributed by atoms with Crippen LogP contribution in [0.25, 0.3) is 5.57 Å². The van der Waals surface area contributed by atoms with Crippen LogP contribution in [0.5, 0.6) is 0 Å². The molecule has 0 atom stereocenters. The second-order valence-electron chi connectivity index (χ2n) is 10.1. The van der Waals surface area contributed by atoms with E-state index in [1.54, 1.807) is 53.2 Å². The molecule has 1 fully saturated rings. The van der Waals surface area contributed by atoms with E-state index < -0.39 is 9.84 Å². The van der Waals surface area contributed by atoms with E-state index >= 15 is 0 Å². The van der Waals surface area contributed by atoms with Gasteiger partial charge in [-0.1, -0.05) is 54.6 Å². The summed E-state index contributed by atoms with van der Waals surface area (Å²) in [6, 6.07) is 23.3. The first-order chi connectivity index (χ1) is 19.4. The van der Waals surface area contributed by atoms with Crippen LogP contribution < -0.4 is 10.6 Å². The van der Waals surface area contributed by atoms with Crippen LogP contribution in [-0.4, -0.2) is 29.9 Å². The van der Waals surface area contributed by atoms with Crippen molar-refractivity contribution in [3.63, 3.8) is 0 Å². The van der Waals surface area contributed by atoms with E-state index in [1.165, 1.54) is 0 Å². The van der Waals surface area contributed by atoms with Crippen molar-refractivity contribution in [2.75, 3.05) is 10.6 Å². The summed E-state index contributed by atoms with van der Waals surface area (Å²) in [4.78, 5) is 25.9. The number of rotatable bonds is 6. The van der Waals surface area contributed by atoms with Gasteiger partial charge in [0.25, 0.3) is 5.91 Å². The number of amides is 1. The lowest BCUT2D eigenvalue weighted by Crippen LogP contribution is -2.18. The molecule has 1 aliphatic heterocycles. The molecule has 0 unspecified atom stereocenters. The molecule has 1 amide bonds. The molecule has 4 aromatic rings. The molecule has 3 aromatic carbocycles. The topological polar surface area (TPSA) is 110 Å². The summed E-state index contributed by atoms with van der Waals surface area (Å²) in [7, 11) is -3.70. The number of Topliss-reactive ketones (excluding diaryl/α,β-unsaturated/α-hetero) is 1. The zero-order valence-electron chi connectivity index (χ0n) is 21.7. The van der Waals surface area contributed by atoms with Gasteiger partial charge in [-0.2, -0.15) is 5.10 Å². The first-order valence-electron chi connectivity index (χ1n) is 13.2. The highest BCUT2D eigenvalue weighted by atomic mass is 32.2. The Kier molecular flexibility index (Phi) is 6.81. The van der Waals surface area contributed by atoms with Crippen LogP contribution in [0.1, 0.15) is 36.8 Å². The highest BCUT2D eigenvalue weighted by molar-refractivity contribution is 7.92. The van der Waals surface area contributed by atoms with E-state index in [0.717, 1.165) is 5.56 Å². The fourth-order valence-electron chi connectivity index (χ4n) is 5.24. The molecule has 0 saturated heterocycles. The molecule has 202 valence electrons. The van der Waals surface area contributed by atoms with Crippen LogP contribution in [0, 0.1) is 5.92 Å². The first kappa shape index (κ1) is 25.8. The summed E-state index contributed by atoms with van der Waals surface area (Å²) in [6.45, 7) is 0.571. The van der Waals surface area contributed by atoms with Crippen molar-refractivity contribution in [3.8, 4) is 0 Å². The predicted octanol–water partition coefficient (Wildman–Crippen LogP) is 5.60. The van der Waals surface area contributed by atoms with Crippen LogP contribution in [0.4, 0.5) is 17.2 Å². The van der Waals surface area contributed by atoms with Gasteiger partial charge in [0.05, 0.1) is 27.7 Å². The van der Waals surface area contributed by atoms with E-state index in [1.807, 2.05) is 42.6 Å². The van der Waals surface area contributed by atoms with Crippen molar-refractivity contribution in [1.82, 2.24) is 9.78 Å². The van der Waals surface area contributed by atoms with Crippen molar-refractivity contribution in [2.24, 2.45) is 5.92 Å². The predicted molar refractivity (Wildman–Crippen MR) is 153 cm³/mol. The molecule has 2 N–H and O–H groups in total. The minimum atomic E-state index is -3.70. The Hall–Kier alpha value is -4.50. The molecule has 6 rings (SSSR count). The minimum absolute atomic E-state index is 0.0579. The summed E-state index contributed by atoms with van der Waals surface area (Å²) in [5, 5.41) is 10.6. The summed E-state index contributed by atoms with van der Waals surface area (Å²) < 4.78 is 28.3. The largest absolute Gasteiger partial charge is 0.353 e. The molecule has 1 aromatic heterocycles. The number of para-hydroxylation sites is 1. The van der Waals surface area contributed by atoms with Crippen molar-refractivity contribution >= 4 is 44.3 Å². The number of benzene rings is 3. The molecule has 0 radical (unpaired) electrons. The number of carbonyl (C=O) groups excluding carboxylic acids is 2. The van der Waals surface area contributed by atoms with E-state index in [-0.39, 0.29) is 27.4 Å². The monoisotopic (exact) mass is 552 g/mol. The number of hydrogen-bond acceptors (Lipinski definition) is 6. The van der Waals surface area contributed by atoms with Crippen LogP contribution in [0.3, 0.4) is 0 Å². The average molecular weight is 553 g/mol. The fourth-order valence-corrected chi connectivity index (χ4v) is 6.79. The van der Waals surface area contributed by atoms with Crippen molar-refractivity contribution in [3.05, 3.63) is 102 Å². The van der Waals surface area contributed by atoms with Gasteiger partial charge in [0.15, 0.2) is 5.82 Å². The van der Waals surface area contributed by atoms with Gasteiger partial charge in [0.1, 0.15) is 5.78 Å². The number of anilines is 3. The number of ketones is 1. The Morgan fingerprint density at radius 2 is 1.68 bits per heavy atom. The molecule has 0 spiro atoms. The third-order valence-corrected chi connectivity index (χ3v) is 9.20. The Morgan fingerprint density at radius 3 is 2.48 bits per heavy atom. The SMILES string of the molecule is O=C1CCC(C=C(C(=O)Nc2ccn(Cc3ccccc3)n2)c2ccc3c(c2)Nc2ccccc2S3(=O)=O)CC1. The minimum Gasteiger partial charge on any atom is -0.353 e. The zero-order valence-corrected chi connectivity index (χ0v) is 22.5. The molecule has 1 aliphatic carbocycles. The number of hydrogen-bond donors (Lipinski definition) is 2. The molecule has 9 heteroatoms. The number of sulfone groups is 1. The summed E-state index contributed by atoms with van der Waals surface area (Å²) >= 11 is 0. The second-order valence-corrected chi connectivity index (χ2v) is 12.0. The van der Waals surface area contributed by atoms with Crippen molar-refractivity contribution in [1.29, 1.82) is 0 Å². The van der Waals surface area contributed by atoms with Gasteiger partial charge in [0, 0.05) is 30.7 Å². The Labute approximate surface area is 232 Å². The zero-order chi connectivity index (χ0) is 27.7. The molecule has 0 bridgehead atoms. The maximum absolute atomic E-state index is 13.7. The van der Waals surface area contributed by atoms with Crippen molar-refractivity contribution in [2.45, 2.75) is 42.0 Å². The number of allylic oxidation sites excluding steroid dienone is 1. The normalized spacial score (nSPS) is 16.5. The number of fused-ring (bicyclic) bond motifs is 2. The van der Waals surface area contributed by atoms with E-state index in [0.29, 0.717) is 60.6 Å². The van der Waals surface area contributed by atoms with E-state index in [9.17, 15) is 18.0 Å². The fraction of sp³-hybridized carbons (Fsp3) is 0.194. The number of nitrogens with one attached hydrogen (secondary N) is 2. The molecule has 8 nitrogen and oxygen atoms in total. The highest BCUT2D eigenvalue weighted by Crippen LogP contribution is 2.40. The number of carbonyl (C=O) groups is 2. The average Bonchev–Trinajstić information content (AvgIpc) is 3.39. The number of aromatic nitrogens is 2. The van der Waals surface area contributed by atoms with Gasteiger partial charge >= 0.3 is 0 Å². The molecular weight excluding hydrogens is 524 g/mol. The Bertz CT molecular complexity index is 1730. The standard InChI is InChI=1S/C31H28N4O4S/c36-24-13-10-21(11-14-24)18-25(31(37)33-30-16-17-35(34-30)20-22-6-2-1-3-7-22)23-12-15-29-27(19-23)32-26-8-4-5-9-28(26)40(29,38)39/h1-9,12,15-19,21,32H,10-11,13-14,20H2,(H,33,34,37). The maximum atomic E-state index is 13.7. The quantitative estimate of drug-likeness (QED) is 0.265. The first-order valence-corrected chi connectivity index (χ1v) is 14.7. The van der Waals surface area contributed by atoms with Crippen LogP contribution in [-0.2, 0) is 26.0 Å². The van der Waals surface area contributed by atoms with E-state index in [4.69, 9.17) is 0 Å². The van der Waals surface area contributed by atoms with Gasteiger partial charge in [-0.3, -0.25) is 14.3 Å². The third kappa shape index (κ3) is 5.20. The van der Waals surface area contributed by atoms with Crippen LogP contribution in [0.15, 0.2) is 101 Å². The molecule has 2 heterocycles. The van der Waals surface area contributed by atoms with Crippen LogP contribution >= 0.6 is 0 Å². The Morgan fingerprint density at radius 1 is 0.950 bits per heavy atom.